The van der Waals surface area contributed by atoms with Crippen molar-refractivity contribution in [2.45, 2.75) is 43.9 Å². The van der Waals surface area contributed by atoms with Crippen LogP contribution < -0.4 is 19.9 Å². The molecule has 0 aliphatic carbocycles. The van der Waals surface area contributed by atoms with Crippen LogP contribution in [-0.2, 0) is 11.0 Å². The Labute approximate surface area is 235 Å². The number of carbonyl (C=O) groups is 1. The van der Waals surface area contributed by atoms with E-state index < -0.39 is 41.5 Å². The summed E-state index contributed by atoms with van der Waals surface area (Å²) in [4.78, 5) is 17.3. The Morgan fingerprint density at radius 1 is 1.15 bits per heavy atom. The van der Waals surface area contributed by atoms with Gasteiger partial charge in [-0.1, -0.05) is 36.8 Å². The number of methoxy groups -OCH3 is 1. The summed E-state index contributed by atoms with van der Waals surface area (Å²) in [5.74, 6) is 0.122. The summed E-state index contributed by atoms with van der Waals surface area (Å²) in [6.07, 6.45) is -6.77. The molecule has 0 spiro atoms. The highest BCUT2D eigenvalue weighted by Crippen LogP contribution is 2.49. The number of hydrogen-bond acceptors (Lipinski definition) is 8. The molecule has 0 saturated carbocycles. The maximum Gasteiger partial charge on any atom is 0.422 e. The molecule has 11 heteroatoms. The molecule has 1 aromatic heterocycles. The van der Waals surface area contributed by atoms with Gasteiger partial charge >= 0.3 is 6.18 Å². The molecule has 0 radical (unpaired) electrons. The van der Waals surface area contributed by atoms with E-state index in [0.29, 0.717) is 16.9 Å². The van der Waals surface area contributed by atoms with Gasteiger partial charge in [-0.15, -0.1) is 0 Å². The average molecular weight is 575 g/mol. The second kappa shape index (κ2) is 11.7. The normalized spacial score (nSPS) is 17.9. The number of fused-ring (bicyclic) bond motifs is 1. The third-order valence-electron chi connectivity index (χ3n) is 7.37. The molecule has 4 N–H and O–H groups in total. The van der Waals surface area contributed by atoms with E-state index in [1.807, 2.05) is 6.92 Å². The maximum absolute atomic E-state index is 14.6. The Morgan fingerprint density at radius 2 is 1.85 bits per heavy atom. The van der Waals surface area contributed by atoms with Crippen LogP contribution in [0, 0.1) is 6.92 Å². The number of hydrogen-bond donors (Lipinski definition) is 3. The first-order valence-corrected chi connectivity index (χ1v) is 13.1. The molecule has 41 heavy (non-hydrogen) atoms. The summed E-state index contributed by atoms with van der Waals surface area (Å²) in [6.45, 7) is 3.66. The highest BCUT2D eigenvalue weighted by atomic mass is 19.4. The number of aliphatic hydroxyl groups excluding tert-OH is 1. The van der Waals surface area contributed by atoms with Gasteiger partial charge in [-0.05, 0) is 37.6 Å². The number of pyridine rings is 1. The zero-order valence-corrected chi connectivity index (χ0v) is 23.0. The lowest BCUT2D eigenvalue weighted by atomic mass is 9.81. The van der Waals surface area contributed by atoms with Crippen LogP contribution in [0.5, 0.6) is 17.2 Å². The minimum atomic E-state index is -5.16. The van der Waals surface area contributed by atoms with Crippen molar-refractivity contribution in [2.24, 2.45) is 5.73 Å². The number of rotatable bonds is 11. The van der Waals surface area contributed by atoms with Gasteiger partial charge in [0.05, 0.1) is 26.0 Å². The molecule has 220 valence electrons. The summed E-state index contributed by atoms with van der Waals surface area (Å²) in [5, 5.41) is 20.2. The largest absolute Gasteiger partial charge is 0.493 e. The van der Waals surface area contributed by atoms with Crippen LogP contribution in [0.3, 0.4) is 0 Å². The highest BCUT2D eigenvalue weighted by Gasteiger charge is 2.57. The molecule has 2 atom stereocenters. The van der Waals surface area contributed by atoms with Gasteiger partial charge in [0.15, 0.2) is 17.3 Å². The number of nitrogens with zero attached hydrogens (tertiary/aromatic N) is 1. The number of halogens is 3. The van der Waals surface area contributed by atoms with Crippen molar-refractivity contribution in [3.8, 4) is 28.5 Å². The Hall–Kier alpha value is -3.67. The lowest BCUT2D eigenvalue weighted by Gasteiger charge is -2.31. The van der Waals surface area contributed by atoms with E-state index >= 15 is 0 Å². The zero-order valence-electron chi connectivity index (χ0n) is 23.0. The number of ether oxygens (including phenoxy) is 3. The SMILES string of the molecule is COc1cc(C(=O)CC[C@@](O)(c2cc3c(c(-c4ccc(C)cc4)n2)OCC3(C)CN)C(F)(F)F)ccc1OCCO. The molecule has 1 unspecified atom stereocenters. The first-order valence-electron chi connectivity index (χ1n) is 13.1. The molecule has 1 aliphatic heterocycles. The van der Waals surface area contributed by atoms with Crippen LogP contribution >= 0.6 is 0 Å². The van der Waals surface area contributed by atoms with Gasteiger partial charge < -0.3 is 30.2 Å². The third kappa shape index (κ3) is 5.88. The quantitative estimate of drug-likeness (QED) is 0.287. The van der Waals surface area contributed by atoms with Crippen LogP contribution in [0.25, 0.3) is 11.3 Å². The fourth-order valence-corrected chi connectivity index (χ4v) is 4.69. The number of aromatic nitrogens is 1. The van der Waals surface area contributed by atoms with Gasteiger partial charge in [0.25, 0.3) is 0 Å². The van der Waals surface area contributed by atoms with E-state index in [9.17, 15) is 23.1 Å². The maximum atomic E-state index is 14.6. The molecule has 0 fully saturated rings. The minimum absolute atomic E-state index is 0.00509. The number of nitrogens with two attached hydrogens (primary N) is 1. The molecule has 0 bridgehead atoms. The van der Waals surface area contributed by atoms with Gasteiger partial charge in [0, 0.05) is 35.1 Å². The van der Waals surface area contributed by atoms with Crippen molar-refractivity contribution < 1.29 is 42.4 Å². The number of carbonyl (C=O) groups excluding carboxylic acids is 1. The van der Waals surface area contributed by atoms with Gasteiger partial charge in [0.1, 0.15) is 18.1 Å². The summed E-state index contributed by atoms with van der Waals surface area (Å²) in [7, 11) is 1.35. The van der Waals surface area contributed by atoms with Crippen LogP contribution in [0.4, 0.5) is 13.2 Å². The number of Topliss-reactive ketones (excluding diaryl/α,β-unsaturated/α-hetero) is 1. The van der Waals surface area contributed by atoms with Crippen molar-refractivity contribution in [2.75, 3.05) is 33.5 Å². The number of benzene rings is 2. The second-order valence-electron chi connectivity index (χ2n) is 10.4. The van der Waals surface area contributed by atoms with Crippen molar-refractivity contribution in [3.63, 3.8) is 0 Å². The molecule has 1 aliphatic rings. The first kappa shape index (κ1) is 30.3. The summed E-state index contributed by atoms with van der Waals surface area (Å²) < 4.78 is 60.3. The molecule has 3 aromatic rings. The van der Waals surface area contributed by atoms with Crippen molar-refractivity contribution in [1.29, 1.82) is 0 Å². The molecular weight excluding hydrogens is 541 g/mol. The Balaban J connectivity index is 1.73. The lowest BCUT2D eigenvalue weighted by Crippen LogP contribution is -2.44. The van der Waals surface area contributed by atoms with Crippen LogP contribution in [0.2, 0.25) is 0 Å². The van der Waals surface area contributed by atoms with Crippen molar-refractivity contribution in [1.82, 2.24) is 4.98 Å². The fraction of sp³-hybridized carbons (Fsp3) is 0.400. The summed E-state index contributed by atoms with van der Waals surface area (Å²) >= 11 is 0. The predicted octanol–water partition coefficient (Wildman–Crippen LogP) is 4.46. The Morgan fingerprint density at radius 3 is 2.46 bits per heavy atom. The topological polar surface area (TPSA) is 124 Å². The average Bonchev–Trinajstić information content (AvgIpc) is 3.30. The fourth-order valence-electron chi connectivity index (χ4n) is 4.69. The van der Waals surface area contributed by atoms with E-state index in [1.54, 1.807) is 31.2 Å². The number of alkyl halides is 3. The third-order valence-corrected chi connectivity index (χ3v) is 7.37. The Kier molecular flexibility index (Phi) is 8.62. The number of aryl methyl sites for hydroxylation is 1. The lowest BCUT2D eigenvalue weighted by molar-refractivity contribution is -0.270. The minimum Gasteiger partial charge on any atom is -0.493 e. The van der Waals surface area contributed by atoms with Crippen molar-refractivity contribution >= 4 is 5.78 Å². The number of ketones is 1. The monoisotopic (exact) mass is 574 g/mol. The van der Waals surface area contributed by atoms with E-state index in [4.69, 9.17) is 25.1 Å². The smallest absolute Gasteiger partial charge is 0.422 e. The van der Waals surface area contributed by atoms with E-state index in [0.717, 1.165) is 5.56 Å². The Bertz CT molecular complexity index is 1410. The van der Waals surface area contributed by atoms with Crippen molar-refractivity contribution in [3.05, 3.63) is 70.9 Å². The van der Waals surface area contributed by atoms with E-state index in [-0.39, 0.29) is 49.1 Å². The summed E-state index contributed by atoms with van der Waals surface area (Å²) in [6, 6.07) is 12.4. The van der Waals surface area contributed by atoms with Crippen LogP contribution in [0.1, 0.15) is 46.9 Å². The number of aliphatic hydroxyl groups is 2. The molecule has 2 aromatic carbocycles. The van der Waals surface area contributed by atoms with Gasteiger partial charge in [-0.2, -0.15) is 13.2 Å². The van der Waals surface area contributed by atoms with Crippen LogP contribution in [-0.4, -0.2) is 60.6 Å². The van der Waals surface area contributed by atoms with Gasteiger partial charge in [-0.25, -0.2) is 4.98 Å². The standard InChI is InChI=1S/C30H33F3N2O6/c1-18-4-6-19(7-5-18)26-27-21(28(2,16-34)17-41-27)15-25(35-26)29(38,30(31,32)33)11-10-22(37)20-8-9-23(40-13-12-36)24(14-20)39-3/h4-9,14-15,36,38H,10-13,16-17,34H2,1-3H3/t28?,29-/m1/s1. The molecule has 0 amide bonds. The van der Waals surface area contributed by atoms with Gasteiger partial charge in [-0.3, -0.25) is 4.79 Å². The highest BCUT2D eigenvalue weighted by molar-refractivity contribution is 5.96. The zero-order chi connectivity index (χ0) is 30.0. The molecular formula is C30H33F3N2O6. The summed E-state index contributed by atoms with van der Waals surface area (Å²) in [5.41, 5.74) is 3.24. The molecule has 4 rings (SSSR count). The van der Waals surface area contributed by atoms with Crippen LogP contribution in [0.15, 0.2) is 48.5 Å². The first-order chi connectivity index (χ1) is 19.4. The van der Waals surface area contributed by atoms with E-state index in [2.05, 4.69) is 4.98 Å². The molecule has 0 saturated heterocycles. The van der Waals surface area contributed by atoms with Gasteiger partial charge in [0.2, 0.25) is 5.60 Å². The molecule has 2 heterocycles. The molecule has 8 nitrogen and oxygen atoms in total. The predicted molar refractivity (Wildman–Crippen MR) is 145 cm³/mol. The van der Waals surface area contributed by atoms with E-state index in [1.165, 1.54) is 31.4 Å². The second-order valence-corrected chi connectivity index (χ2v) is 10.4.